The number of piperidine rings is 1. The fourth-order valence-electron chi connectivity index (χ4n) is 1.78. The zero-order valence-electron chi connectivity index (χ0n) is 8.40. The molecule has 0 spiro atoms. The minimum absolute atomic E-state index is 0.0900. The van der Waals surface area contributed by atoms with E-state index in [0.717, 1.165) is 25.9 Å². The Morgan fingerprint density at radius 3 is 3.13 bits per heavy atom. The molecular weight excluding hydrogens is 256 g/mol. The molecule has 3 nitrogen and oxygen atoms in total. The van der Waals surface area contributed by atoms with Gasteiger partial charge in [0.1, 0.15) is 0 Å². The van der Waals surface area contributed by atoms with Gasteiger partial charge in [-0.05, 0) is 25.0 Å². The van der Waals surface area contributed by atoms with E-state index in [4.69, 9.17) is 0 Å². The average molecular weight is 269 g/mol. The first kappa shape index (κ1) is 10.6. The van der Waals surface area contributed by atoms with E-state index >= 15 is 0 Å². The molecule has 1 amide bonds. The minimum atomic E-state index is 0.0900. The molecule has 1 aliphatic heterocycles. The van der Waals surface area contributed by atoms with Gasteiger partial charge in [-0.25, -0.2) is 0 Å². The van der Waals surface area contributed by atoms with Crippen molar-refractivity contribution in [1.29, 1.82) is 0 Å². The number of amides is 1. The Hall–Kier alpha value is -0.900. The van der Waals surface area contributed by atoms with Crippen molar-refractivity contribution >= 4 is 21.8 Å². The summed E-state index contributed by atoms with van der Waals surface area (Å²) < 4.78 is 0. The number of alkyl halides is 1. The van der Waals surface area contributed by atoms with Gasteiger partial charge in [-0.1, -0.05) is 15.9 Å². The summed E-state index contributed by atoms with van der Waals surface area (Å²) >= 11 is 3.56. The molecule has 0 radical (unpaired) electrons. The van der Waals surface area contributed by atoms with Gasteiger partial charge in [0.2, 0.25) is 0 Å². The molecule has 1 aromatic heterocycles. The lowest BCUT2D eigenvalue weighted by Gasteiger charge is -2.29. The summed E-state index contributed by atoms with van der Waals surface area (Å²) in [5.74, 6) is 0.0900. The summed E-state index contributed by atoms with van der Waals surface area (Å²) in [7, 11) is 0. The predicted molar refractivity (Wildman–Crippen MR) is 62.1 cm³/mol. The fraction of sp³-hybridized carbons (Fsp3) is 0.455. The van der Waals surface area contributed by atoms with Crippen LogP contribution in [-0.2, 0) is 0 Å². The van der Waals surface area contributed by atoms with Crippen molar-refractivity contribution in [3.8, 4) is 0 Å². The Kier molecular flexibility index (Phi) is 3.36. The maximum atomic E-state index is 12.0. The maximum Gasteiger partial charge on any atom is 0.255 e. The third kappa shape index (κ3) is 2.56. The monoisotopic (exact) mass is 268 g/mol. The molecule has 0 bridgehead atoms. The van der Waals surface area contributed by atoms with Crippen LogP contribution in [0.3, 0.4) is 0 Å². The molecule has 0 N–H and O–H groups in total. The number of likely N-dealkylation sites (tertiary alicyclic amines) is 1. The van der Waals surface area contributed by atoms with E-state index in [1.54, 1.807) is 18.5 Å². The van der Waals surface area contributed by atoms with Gasteiger partial charge in [-0.2, -0.15) is 0 Å². The molecule has 2 heterocycles. The van der Waals surface area contributed by atoms with Crippen LogP contribution in [0.25, 0.3) is 0 Å². The molecular formula is C11H13BrN2O. The van der Waals surface area contributed by atoms with E-state index in [9.17, 15) is 4.79 Å². The maximum absolute atomic E-state index is 12.0. The molecule has 80 valence electrons. The smallest absolute Gasteiger partial charge is 0.255 e. The number of aromatic nitrogens is 1. The number of pyridine rings is 1. The number of halogens is 1. The number of rotatable bonds is 1. The van der Waals surface area contributed by atoms with Crippen LogP contribution in [0.2, 0.25) is 0 Å². The molecule has 0 saturated carbocycles. The van der Waals surface area contributed by atoms with E-state index in [1.165, 1.54) is 0 Å². The van der Waals surface area contributed by atoms with Crippen LogP contribution < -0.4 is 0 Å². The zero-order valence-corrected chi connectivity index (χ0v) is 9.98. The molecule has 1 fully saturated rings. The number of hydrogen-bond donors (Lipinski definition) is 0. The van der Waals surface area contributed by atoms with Crippen molar-refractivity contribution in [2.24, 2.45) is 0 Å². The molecule has 4 heteroatoms. The molecule has 0 aliphatic carbocycles. The van der Waals surface area contributed by atoms with Gasteiger partial charge in [-0.3, -0.25) is 9.78 Å². The highest BCUT2D eigenvalue weighted by atomic mass is 79.9. The Balaban J connectivity index is 2.08. The molecule has 1 aromatic rings. The molecule has 2 rings (SSSR count). The van der Waals surface area contributed by atoms with Crippen molar-refractivity contribution in [3.63, 3.8) is 0 Å². The minimum Gasteiger partial charge on any atom is -0.337 e. The average Bonchev–Trinajstić information content (AvgIpc) is 2.29. The van der Waals surface area contributed by atoms with Gasteiger partial charge < -0.3 is 4.90 Å². The lowest BCUT2D eigenvalue weighted by atomic mass is 10.1. The van der Waals surface area contributed by atoms with E-state index in [-0.39, 0.29) is 5.91 Å². The van der Waals surface area contributed by atoms with Crippen molar-refractivity contribution in [2.45, 2.75) is 17.7 Å². The van der Waals surface area contributed by atoms with Crippen LogP contribution in [0.15, 0.2) is 24.5 Å². The van der Waals surface area contributed by atoms with Crippen LogP contribution in [-0.4, -0.2) is 33.7 Å². The second-order valence-electron chi connectivity index (χ2n) is 3.73. The molecule has 0 aromatic carbocycles. The SMILES string of the molecule is O=C(c1cccnc1)N1CCCC(Br)C1. The molecule has 1 atom stereocenters. The summed E-state index contributed by atoms with van der Waals surface area (Å²) in [6.45, 7) is 1.66. The van der Waals surface area contributed by atoms with Gasteiger partial charge in [0.25, 0.3) is 5.91 Å². The Morgan fingerprint density at radius 2 is 2.47 bits per heavy atom. The predicted octanol–water partition coefficient (Wildman–Crippen LogP) is 2.08. The highest BCUT2D eigenvalue weighted by Gasteiger charge is 2.22. The Labute approximate surface area is 97.6 Å². The zero-order chi connectivity index (χ0) is 10.7. The third-order valence-electron chi connectivity index (χ3n) is 2.56. The van der Waals surface area contributed by atoms with Crippen molar-refractivity contribution < 1.29 is 4.79 Å². The van der Waals surface area contributed by atoms with Gasteiger partial charge in [0.05, 0.1) is 5.56 Å². The topological polar surface area (TPSA) is 33.2 Å². The number of carbonyl (C=O) groups is 1. The van der Waals surface area contributed by atoms with Gasteiger partial charge in [0.15, 0.2) is 0 Å². The van der Waals surface area contributed by atoms with Gasteiger partial charge >= 0.3 is 0 Å². The summed E-state index contributed by atoms with van der Waals surface area (Å²) in [6, 6.07) is 3.61. The Bertz CT molecular complexity index is 342. The second kappa shape index (κ2) is 4.75. The van der Waals surface area contributed by atoms with Crippen LogP contribution in [0.5, 0.6) is 0 Å². The van der Waals surface area contributed by atoms with Crippen molar-refractivity contribution in [1.82, 2.24) is 9.88 Å². The fourth-order valence-corrected chi connectivity index (χ4v) is 2.45. The standard InChI is InChI=1S/C11H13BrN2O/c12-10-4-2-6-14(8-10)11(15)9-3-1-5-13-7-9/h1,3,5,7,10H,2,4,6,8H2. The largest absolute Gasteiger partial charge is 0.337 e. The van der Waals surface area contributed by atoms with Crippen LogP contribution >= 0.6 is 15.9 Å². The summed E-state index contributed by atoms with van der Waals surface area (Å²) in [6.07, 6.45) is 5.53. The number of hydrogen-bond acceptors (Lipinski definition) is 2. The van der Waals surface area contributed by atoms with E-state index < -0.39 is 0 Å². The lowest BCUT2D eigenvalue weighted by Crippen LogP contribution is -2.40. The molecule has 1 saturated heterocycles. The first-order valence-corrected chi connectivity index (χ1v) is 6.02. The normalized spacial score (nSPS) is 21.4. The number of carbonyl (C=O) groups excluding carboxylic acids is 1. The van der Waals surface area contributed by atoms with E-state index in [0.29, 0.717) is 10.4 Å². The van der Waals surface area contributed by atoms with Gasteiger partial charge in [-0.15, -0.1) is 0 Å². The Morgan fingerprint density at radius 1 is 1.60 bits per heavy atom. The molecule has 15 heavy (non-hydrogen) atoms. The van der Waals surface area contributed by atoms with Crippen molar-refractivity contribution in [2.75, 3.05) is 13.1 Å². The molecule has 1 aliphatic rings. The first-order valence-electron chi connectivity index (χ1n) is 5.11. The first-order chi connectivity index (χ1) is 7.27. The van der Waals surface area contributed by atoms with Crippen LogP contribution in [0.4, 0.5) is 0 Å². The highest BCUT2D eigenvalue weighted by Crippen LogP contribution is 2.18. The third-order valence-corrected chi connectivity index (χ3v) is 3.31. The van der Waals surface area contributed by atoms with E-state index in [2.05, 4.69) is 20.9 Å². The summed E-state index contributed by atoms with van der Waals surface area (Å²) in [4.78, 5) is 18.3. The highest BCUT2D eigenvalue weighted by molar-refractivity contribution is 9.09. The molecule has 1 unspecified atom stereocenters. The lowest BCUT2D eigenvalue weighted by molar-refractivity contribution is 0.0729. The quantitative estimate of drug-likeness (QED) is 0.731. The van der Waals surface area contributed by atoms with Crippen LogP contribution in [0.1, 0.15) is 23.2 Å². The second-order valence-corrected chi connectivity index (χ2v) is 5.03. The van der Waals surface area contributed by atoms with E-state index in [1.807, 2.05) is 11.0 Å². The van der Waals surface area contributed by atoms with Crippen LogP contribution in [0, 0.1) is 0 Å². The number of nitrogens with zero attached hydrogens (tertiary/aromatic N) is 2. The summed E-state index contributed by atoms with van der Waals surface area (Å²) in [5.41, 5.74) is 0.680. The van der Waals surface area contributed by atoms with Gasteiger partial charge in [0, 0.05) is 30.3 Å². The summed E-state index contributed by atoms with van der Waals surface area (Å²) in [5, 5.41) is 0. The van der Waals surface area contributed by atoms with Crippen molar-refractivity contribution in [3.05, 3.63) is 30.1 Å².